The van der Waals surface area contributed by atoms with Crippen LogP contribution >= 0.6 is 23.2 Å². The van der Waals surface area contributed by atoms with Gasteiger partial charge in [0, 0.05) is 37.2 Å². The number of anilines is 1. The molecule has 2 aromatic rings. The van der Waals surface area contributed by atoms with Crippen LogP contribution < -0.4 is 9.62 Å². The summed E-state index contributed by atoms with van der Waals surface area (Å²) >= 11 is 12.4. The summed E-state index contributed by atoms with van der Waals surface area (Å²) in [5.41, 5.74) is 0.645. The molecule has 1 N–H and O–H groups in total. The van der Waals surface area contributed by atoms with Crippen molar-refractivity contribution in [3.05, 3.63) is 63.9 Å². The number of hydrogen-bond donors (Lipinski definition) is 1. The smallest absolute Gasteiger partial charge is 0.304 e. The van der Waals surface area contributed by atoms with Gasteiger partial charge >= 0.3 is 10.2 Å². The Bertz CT molecular complexity index is 1160. The third-order valence-electron chi connectivity index (χ3n) is 5.42. The molecule has 36 heavy (non-hydrogen) atoms. The van der Waals surface area contributed by atoms with Gasteiger partial charge in [-0.05, 0) is 54.8 Å². The SMILES string of the molecule is CCCNC(=O)[C@@H](CC)N(Cc1ccc(Cl)cc1Cl)C(=O)CN(c1ccc(F)cc1)S(=O)(=O)N(C)C. The van der Waals surface area contributed by atoms with E-state index in [9.17, 15) is 22.4 Å². The van der Waals surface area contributed by atoms with Crippen LogP contribution in [0, 0.1) is 5.82 Å². The zero-order chi connectivity index (χ0) is 27.0. The third kappa shape index (κ3) is 7.55. The highest BCUT2D eigenvalue weighted by Gasteiger charge is 2.34. The van der Waals surface area contributed by atoms with Crippen molar-refractivity contribution >= 4 is 50.9 Å². The fraction of sp³-hybridized carbons (Fsp3) is 0.417. The van der Waals surface area contributed by atoms with E-state index in [1.54, 1.807) is 19.1 Å². The van der Waals surface area contributed by atoms with Gasteiger partial charge in [0.25, 0.3) is 0 Å². The summed E-state index contributed by atoms with van der Waals surface area (Å²) in [4.78, 5) is 28.0. The lowest BCUT2D eigenvalue weighted by molar-refractivity contribution is -0.140. The Morgan fingerprint density at radius 2 is 1.69 bits per heavy atom. The van der Waals surface area contributed by atoms with Crippen LogP contribution in [0.1, 0.15) is 32.3 Å². The molecule has 0 heterocycles. The van der Waals surface area contributed by atoms with Gasteiger partial charge in [-0.2, -0.15) is 12.7 Å². The molecule has 0 fully saturated rings. The standard InChI is InChI=1S/C24H31Cl2FN4O4S/c1-5-13-28-24(33)22(6-2)30(15-17-7-8-18(25)14-21(17)26)23(32)16-31(36(34,35)29(3)4)20-11-9-19(27)10-12-20/h7-12,14,22H,5-6,13,15-16H2,1-4H3,(H,28,33)/t22-/m1/s1. The molecule has 0 saturated carbocycles. The summed E-state index contributed by atoms with van der Waals surface area (Å²) < 4.78 is 41.6. The van der Waals surface area contributed by atoms with Crippen molar-refractivity contribution < 1.29 is 22.4 Å². The van der Waals surface area contributed by atoms with Crippen LogP contribution in [0.5, 0.6) is 0 Å². The fourth-order valence-electron chi connectivity index (χ4n) is 3.44. The van der Waals surface area contributed by atoms with E-state index < -0.39 is 34.5 Å². The fourth-order valence-corrected chi connectivity index (χ4v) is 4.97. The molecule has 0 saturated heterocycles. The number of nitrogens with zero attached hydrogens (tertiary/aromatic N) is 3. The number of carbonyl (C=O) groups excluding carboxylic acids is 2. The van der Waals surface area contributed by atoms with Crippen LogP contribution in [0.25, 0.3) is 0 Å². The Kier molecular flexibility index (Phi) is 11.0. The quantitative estimate of drug-likeness (QED) is 0.423. The minimum absolute atomic E-state index is 0.0494. The van der Waals surface area contributed by atoms with Crippen LogP contribution in [0.4, 0.5) is 10.1 Å². The van der Waals surface area contributed by atoms with Gasteiger partial charge in [0.2, 0.25) is 11.8 Å². The van der Waals surface area contributed by atoms with Crippen molar-refractivity contribution in [2.45, 2.75) is 39.3 Å². The third-order valence-corrected chi connectivity index (χ3v) is 7.83. The summed E-state index contributed by atoms with van der Waals surface area (Å²) in [5, 5.41) is 3.52. The van der Waals surface area contributed by atoms with E-state index in [-0.39, 0.29) is 24.6 Å². The lowest BCUT2D eigenvalue weighted by Crippen LogP contribution is -2.53. The van der Waals surface area contributed by atoms with E-state index in [0.29, 0.717) is 28.6 Å². The lowest BCUT2D eigenvalue weighted by Gasteiger charge is -2.34. The highest BCUT2D eigenvalue weighted by atomic mass is 35.5. The van der Waals surface area contributed by atoms with Crippen LogP contribution in [-0.2, 0) is 26.3 Å². The lowest BCUT2D eigenvalue weighted by atomic mass is 10.1. The van der Waals surface area contributed by atoms with Crippen molar-refractivity contribution in [2.75, 3.05) is 31.5 Å². The topological polar surface area (TPSA) is 90.0 Å². The first-order valence-corrected chi connectivity index (χ1v) is 13.5. The molecule has 0 radical (unpaired) electrons. The molecular weight excluding hydrogens is 530 g/mol. The van der Waals surface area contributed by atoms with Crippen LogP contribution in [-0.4, -0.2) is 62.7 Å². The van der Waals surface area contributed by atoms with Gasteiger partial charge in [-0.1, -0.05) is 43.1 Å². The van der Waals surface area contributed by atoms with E-state index in [0.717, 1.165) is 20.7 Å². The van der Waals surface area contributed by atoms with E-state index in [1.165, 1.54) is 37.2 Å². The maximum atomic E-state index is 13.7. The van der Waals surface area contributed by atoms with Crippen molar-refractivity contribution in [2.24, 2.45) is 0 Å². The zero-order valence-corrected chi connectivity index (χ0v) is 23.0. The average molecular weight is 562 g/mol. The predicted octanol–water partition coefficient (Wildman–Crippen LogP) is 4.08. The summed E-state index contributed by atoms with van der Waals surface area (Å²) in [6, 6.07) is 8.67. The van der Waals surface area contributed by atoms with Gasteiger partial charge in [-0.25, -0.2) is 8.70 Å². The Labute approximate surface area is 222 Å². The second-order valence-electron chi connectivity index (χ2n) is 8.25. The van der Waals surface area contributed by atoms with Gasteiger partial charge in [-0.15, -0.1) is 0 Å². The Balaban J connectivity index is 2.51. The van der Waals surface area contributed by atoms with E-state index >= 15 is 0 Å². The van der Waals surface area contributed by atoms with Gasteiger partial charge in [-0.3, -0.25) is 9.59 Å². The van der Waals surface area contributed by atoms with Gasteiger partial charge in [0.1, 0.15) is 18.4 Å². The molecule has 0 aromatic heterocycles. The molecule has 0 aliphatic rings. The van der Waals surface area contributed by atoms with Crippen molar-refractivity contribution in [1.82, 2.24) is 14.5 Å². The number of nitrogens with one attached hydrogen (secondary N) is 1. The molecular formula is C24H31Cl2FN4O4S. The average Bonchev–Trinajstić information content (AvgIpc) is 2.82. The van der Waals surface area contributed by atoms with Crippen molar-refractivity contribution in [3.63, 3.8) is 0 Å². The normalized spacial score (nSPS) is 12.3. The summed E-state index contributed by atoms with van der Waals surface area (Å²) in [7, 11) is -1.48. The summed E-state index contributed by atoms with van der Waals surface area (Å²) in [6.45, 7) is 3.43. The second kappa shape index (κ2) is 13.2. The Morgan fingerprint density at radius 3 is 2.22 bits per heavy atom. The van der Waals surface area contributed by atoms with Crippen LogP contribution in [0.2, 0.25) is 10.0 Å². The molecule has 0 aliphatic heterocycles. The number of hydrogen-bond acceptors (Lipinski definition) is 4. The molecule has 1 atom stereocenters. The first kappa shape index (κ1) is 29.8. The maximum absolute atomic E-state index is 13.7. The molecule has 2 amide bonds. The molecule has 198 valence electrons. The highest BCUT2D eigenvalue weighted by Crippen LogP contribution is 2.25. The van der Waals surface area contributed by atoms with E-state index in [2.05, 4.69) is 5.32 Å². The first-order chi connectivity index (χ1) is 16.9. The van der Waals surface area contributed by atoms with Crippen molar-refractivity contribution in [3.8, 4) is 0 Å². The molecule has 8 nitrogen and oxygen atoms in total. The number of carbonyl (C=O) groups is 2. The van der Waals surface area contributed by atoms with Gasteiger partial charge in [0.15, 0.2) is 0 Å². The minimum Gasteiger partial charge on any atom is -0.354 e. The van der Waals surface area contributed by atoms with Crippen LogP contribution in [0.15, 0.2) is 42.5 Å². The summed E-state index contributed by atoms with van der Waals surface area (Å²) in [5.74, 6) is -1.54. The van der Waals surface area contributed by atoms with Crippen molar-refractivity contribution in [1.29, 1.82) is 0 Å². The molecule has 0 unspecified atom stereocenters. The number of benzene rings is 2. The maximum Gasteiger partial charge on any atom is 0.304 e. The first-order valence-electron chi connectivity index (χ1n) is 11.4. The van der Waals surface area contributed by atoms with Crippen LogP contribution in [0.3, 0.4) is 0 Å². The Hall–Kier alpha value is -2.40. The number of rotatable bonds is 12. The van der Waals surface area contributed by atoms with E-state index in [4.69, 9.17) is 23.2 Å². The Morgan fingerprint density at radius 1 is 1.06 bits per heavy atom. The molecule has 0 bridgehead atoms. The van der Waals surface area contributed by atoms with Gasteiger partial charge < -0.3 is 10.2 Å². The number of amides is 2. The highest BCUT2D eigenvalue weighted by molar-refractivity contribution is 7.90. The molecule has 12 heteroatoms. The molecule has 0 spiro atoms. The number of halogens is 3. The molecule has 2 rings (SSSR count). The van der Waals surface area contributed by atoms with E-state index in [1.807, 2.05) is 6.92 Å². The largest absolute Gasteiger partial charge is 0.354 e. The second-order valence-corrected chi connectivity index (χ2v) is 11.2. The zero-order valence-electron chi connectivity index (χ0n) is 20.7. The van der Waals surface area contributed by atoms with Gasteiger partial charge in [0.05, 0.1) is 5.69 Å². The molecule has 2 aromatic carbocycles. The monoisotopic (exact) mass is 560 g/mol. The molecule has 0 aliphatic carbocycles. The minimum atomic E-state index is -4.13. The summed E-state index contributed by atoms with van der Waals surface area (Å²) in [6.07, 6.45) is 0.988. The predicted molar refractivity (Wildman–Crippen MR) is 141 cm³/mol.